The Morgan fingerprint density at radius 2 is 0.981 bits per heavy atom. The number of nitrogens with two attached hydrogens (primary N) is 3. The van der Waals surface area contributed by atoms with E-state index in [4.69, 9.17) is 53.4 Å². The van der Waals surface area contributed by atoms with Crippen LogP contribution in [-0.4, -0.2) is 189 Å². The van der Waals surface area contributed by atoms with Crippen LogP contribution in [0.2, 0.25) is 0 Å². The number of aryl methyl sites for hydroxylation is 3. The third-order valence-corrected chi connectivity index (χ3v) is 16.2. The Balaban J connectivity index is 0.000000255. The van der Waals surface area contributed by atoms with Gasteiger partial charge in [0, 0.05) is 54.4 Å². The first-order valence-electron chi connectivity index (χ1n) is 32.2. The lowest BCUT2D eigenvalue weighted by molar-refractivity contribution is -0.112. The minimum atomic E-state index is -1.35. The Bertz CT molecular complexity index is 4910. The van der Waals surface area contributed by atoms with Gasteiger partial charge in [-0.15, -0.1) is 0 Å². The van der Waals surface area contributed by atoms with Crippen LogP contribution in [-0.2, 0) is 19.1 Å². The maximum Gasteiger partial charge on any atom is 0.488 e. The summed E-state index contributed by atoms with van der Waals surface area (Å²) in [5.41, 5.74) is 28.9. The van der Waals surface area contributed by atoms with Crippen LogP contribution in [0.4, 0.5) is 39.3 Å². The number of nitrogen functional groups attached to an aromatic ring is 3. The number of allylic oxidation sites excluding steroid dienone is 1. The minimum absolute atomic E-state index is 0. The summed E-state index contributed by atoms with van der Waals surface area (Å²) in [6.07, 6.45) is 13.4. The second kappa shape index (κ2) is 41.0. The van der Waals surface area contributed by atoms with E-state index in [0.29, 0.717) is 90.2 Å². The van der Waals surface area contributed by atoms with Crippen LogP contribution in [0.1, 0.15) is 52.3 Å². The predicted molar refractivity (Wildman–Crippen MR) is 446 cm³/mol. The second-order valence-corrected chi connectivity index (χ2v) is 27.4. The highest BCUT2D eigenvalue weighted by molar-refractivity contribution is 14.1. The van der Waals surface area contributed by atoms with Crippen LogP contribution in [0.3, 0.4) is 0 Å². The van der Waals surface area contributed by atoms with Crippen molar-refractivity contribution < 1.29 is 38.7 Å². The number of hydrogen-bond donors (Lipinski definition) is 8. The van der Waals surface area contributed by atoms with Gasteiger partial charge in [-0.3, -0.25) is 19.7 Å². The van der Waals surface area contributed by atoms with Crippen LogP contribution in [0.5, 0.6) is 5.75 Å². The second-order valence-electron chi connectivity index (χ2n) is 25.0. The van der Waals surface area contributed by atoms with Gasteiger partial charge in [0.2, 0.25) is 17.1 Å². The fourth-order valence-corrected chi connectivity index (χ4v) is 10.9. The molecule has 11 aromatic rings. The zero-order chi connectivity index (χ0) is 76.8. The number of nitrogens with zero attached hydrogens (tertiary/aromatic N) is 15. The van der Waals surface area contributed by atoms with E-state index < -0.39 is 24.1 Å². The first-order valence-corrected chi connectivity index (χ1v) is 34.8. The molecule has 29 nitrogen and oxygen atoms in total. The number of likely N-dealkylation sites (N-methyl/N-ethyl adjacent to an activating group) is 3. The molecule has 3 amide bonds. The normalized spacial score (nSPS) is 11.1. The van der Waals surface area contributed by atoms with Crippen molar-refractivity contribution in [2.75, 3.05) is 102 Å². The molecule has 0 fully saturated rings. The van der Waals surface area contributed by atoms with Gasteiger partial charge in [-0.1, -0.05) is 63.4 Å². The van der Waals surface area contributed by atoms with Crippen molar-refractivity contribution >= 4 is 160 Å². The summed E-state index contributed by atoms with van der Waals surface area (Å²) in [6.45, 7) is 13.5. The fourth-order valence-electron chi connectivity index (χ4n) is 9.40. The number of nitrogens with one attached hydrogen (secondary N) is 3. The molecule has 0 atom stereocenters. The van der Waals surface area contributed by atoms with Gasteiger partial charge >= 0.3 is 13.2 Å². The Kier molecular flexibility index (Phi) is 33.4. The first kappa shape index (κ1) is 87.3. The van der Waals surface area contributed by atoms with E-state index in [1.807, 2.05) is 175 Å². The summed E-state index contributed by atoms with van der Waals surface area (Å²) in [7, 11) is 11.9. The monoisotopic (exact) mass is 1700 g/mol. The van der Waals surface area contributed by atoms with Crippen molar-refractivity contribution in [2.24, 2.45) is 0 Å². The SMILES string of the molecule is C.C.CC(C)(C)OC(=O)Nc1ncnc2c1c(I)nn2-c1ccc(N)cc1.CN(C)C/C=C/C(=O)Cl.CN(C)C/C=C/C(=O)Nc1ccc(-n2nc(I)c3c(N)ncnc32)cc1.COc1cc(-c2nn(-c3ccc(NC(=O)/C=C/CN(C)C)cc3)c3ncnc(N)c23)ccc1C.Cc1ccc(B(O)O)cc1C. The van der Waals surface area contributed by atoms with E-state index in [1.54, 1.807) is 72.3 Å². The lowest BCUT2D eigenvalue weighted by Crippen LogP contribution is -2.29. The molecule has 6 aromatic heterocycles. The molecule has 564 valence electrons. The number of anilines is 6. The van der Waals surface area contributed by atoms with E-state index in [9.17, 15) is 19.2 Å². The molecule has 0 aliphatic carbocycles. The molecule has 0 radical (unpaired) electrons. The lowest BCUT2D eigenvalue weighted by Gasteiger charge is -2.19. The molecule has 11 rings (SSSR count). The van der Waals surface area contributed by atoms with Gasteiger partial charge < -0.3 is 62.1 Å². The summed E-state index contributed by atoms with van der Waals surface area (Å²) >= 11 is 9.21. The van der Waals surface area contributed by atoms with Crippen molar-refractivity contribution in [3.8, 4) is 34.1 Å². The third-order valence-electron chi connectivity index (χ3n) is 14.6. The Morgan fingerprint density at radius 3 is 1.44 bits per heavy atom. The minimum Gasteiger partial charge on any atom is -0.496 e. The summed E-state index contributed by atoms with van der Waals surface area (Å²) < 4.78 is 17.3. The molecule has 0 spiro atoms. The summed E-state index contributed by atoms with van der Waals surface area (Å²) in [4.78, 5) is 77.4. The van der Waals surface area contributed by atoms with E-state index >= 15 is 0 Å². The van der Waals surface area contributed by atoms with Gasteiger partial charge in [-0.25, -0.2) is 48.7 Å². The van der Waals surface area contributed by atoms with Crippen molar-refractivity contribution in [1.29, 1.82) is 0 Å². The Hall–Kier alpha value is -10.3. The van der Waals surface area contributed by atoms with Crippen molar-refractivity contribution in [3.05, 3.63) is 189 Å². The third kappa shape index (κ3) is 25.7. The van der Waals surface area contributed by atoms with E-state index in [-0.39, 0.29) is 26.7 Å². The summed E-state index contributed by atoms with van der Waals surface area (Å²) in [6, 6.07) is 33.2. The number of benzene rings is 5. The van der Waals surface area contributed by atoms with Gasteiger partial charge in [-0.05, 0) is 248 Å². The predicted octanol–water partition coefficient (Wildman–Crippen LogP) is 11.0. The fraction of sp³-hybridized carbons (Fsp3) is 0.257. The number of methoxy groups -OCH3 is 1. The molecule has 33 heteroatoms. The Labute approximate surface area is 655 Å². The number of ether oxygens (including phenoxy) is 2. The number of rotatable bonds is 18. The molecule has 0 unspecified atom stereocenters. The molecule has 6 heterocycles. The highest BCUT2D eigenvalue weighted by Gasteiger charge is 2.23. The molecule has 0 saturated heterocycles. The van der Waals surface area contributed by atoms with Gasteiger partial charge in [0.15, 0.2) is 22.8 Å². The van der Waals surface area contributed by atoms with Crippen molar-refractivity contribution in [1.82, 2.24) is 73.9 Å². The molecule has 0 saturated carbocycles. The van der Waals surface area contributed by atoms with Crippen molar-refractivity contribution in [2.45, 2.75) is 62.0 Å². The average molecular weight is 1700 g/mol. The number of fused-ring (bicyclic) bond motifs is 3. The van der Waals surface area contributed by atoms with Crippen LogP contribution in [0.15, 0.2) is 165 Å². The molecule has 11 N–H and O–H groups in total. The highest BCUT2D eigenvalue weighted by Crippen LogP contribution is 2.35. The highest BCUT2D eigenvalue weighted by atomic mass is 127. The number of carbonyl (C=O) groups is 4. The molecule has 0 aliphatic heterocycles. The molecular weight excluding hydrogens is 1610 g/mol. The first-order chi connectivity index (χ1) is 49.8. The Morgan fingerprint density at radius 1 is 0.551 bits per heavy atom. The number of amides is 3. The standard InChI is InChI=1S/C25H27N7O2.C17H18IN7O.C16H17IN6O2.C8H11BO2.C6H10ClNO.2CH4/c1-16-7-8-17(14-20(16)34-4)23-22-24(26)27-15-28-25(22)32(30-23)19-11-9-18(10-12-19)29-21(33)6-5-13-31(2)3;1-24(2)9-3-4-13(26)22-11-5-7-12(8-6-11)25-17-14(15(18)23-25)16(19)20-10-21-17;1-16(2,3)25-15(24)21-13-11-12(17)22-23(14(11)20-8-19-13)10-6-4-9(18)5-7-10;1-6-3-4-8(9(10)11)5-7(6)2;1-8(2)5-3-4-6(7)9;;/h5-12,14-15H,13H2,1-4H3,(H,29,33)(H2,26,27,28);3-8,10H,9H2,1-2H3,(H,22,26)(H2,19,20,21);4-8H,18H2,1-3H3,(H,19,20,21,24);3-5,10-11H,1-2H3;3-4H,5H2,1-2H3;2*1H4/b6-5+;4-3+;;;4-3+;;. The van der Waals surface area contributed by atoms with Crippen molar-refractivity contribution in [3.63, 3.8) is 0 Å². The van der Waals surface area contributed by atoms with Gasteiger partial charge in [-0.2, -0.15) is 15.3 Å². The molecule has 0 bridgehead atoms. The van der Waals surface area contributed by atoms with Gasteiger partial charge in [0.1, 0.15) is 55.1 Å². The summed E-state index contributed by atoms with van der Waals surface area (Å²) in [5.74, 6) is 1.51. The van der Waals surface area contributed by atoms with Crippen LogP contribution in [0, 0.1) is 28.2 Å². The molecule has 0 aliphatic rings. The maximum atomic E-state index is 12.1. The molecule has 107 heavy (non-hydrogen) atoms. The number of halogens is 3. The largest absolute Gasteiger partial charge is 0.496 e. The lowest BCUT2D eigenvalue weighted by atomic mass is 9.79. The molecule has 5 aromatic carbocycles. The van der Waals surface area contributed by atoms with E-state index in [1.165, 1.54) is 37.2 Å². The zero-order valence-corrected chi connectivity index (χ0v) is 65.3. The number of aromatic nitrogens is 12. The quantitative estimate of drug-likeness (QED) is 0.0130. The van der Waals surface area contributed by atoms with Gasteiger partial charge in [0.05, 0.1) is 40.3 Å². The average Bonchev–Trinajstić information content (AvgIpc) is 1.62. The maximum absolute atomic E-state index is 12.1. The topological polar surface area (TPSA) is 382 Å². The number of hydrogen-bond acceptors (Lipinski definition) is 23. The van der Waals surface area contributed by atoms with E-state index in [2.05, 4.69) is 101 Å². The van der Waals surface area contributed by atoms with Gasteiger partial charge in [0.25, 0.3) is 0 Å². The molecular formula is C74H91BClI2N21O8. The van der Waals surface area contributed by atoms with E-state index in [0.717, 1.165) is 60.7 Å². The zero-order valence-electron chi connectivity index (χ0n) is 60.2. The smallest absolute Gasteiger partial charge is 0.488 e. The van der Waals surface area contributed by atoms with Crippen LogP contribution >= 0.6 is 56.8 Å². The summed E-state index contributed by atoms with van der Waals surface area (Å²) in [5, 5.41) is 41.4. The van der Waals surface area contributed by atoms with Crippen LogP contribution in [0.25, 0.3) is 61.4 Å². The van der Waals surface area contributed by atoms with Crippen LogP contribution < -0.4 is 43.4 Å². The number of carbonyl (C=O) groups excluding carboxylic acids is 4.